The highest BCUT2D eigenvalue weighted by atomic mass is 32.5. The quantitative estimate of drug-likeness (QED) is 0.168. The minimum atomic E-state index is -4.47. The summed E-state index contributed by atoms with van der Waals surface area (Å²) in [7, 11) is 0. The van der Waals surface area contributed by atoms with E-state index in [1.165, 1.54) is 0 Å². The topological polar surface area (TPSA) is 164 Å². The van der Waals surface area contributed by atoms with Crippen molar-refractivity contribution in [1.82, 2.24) is 8.54 Å². The van der Waals surface area contributed by atoms with Crippen molar-refractivity contribution in [3.05, 3.63) is 33.1 Å². The molecule has 2 heterocycles. The summed E-state index contributed by atoms with van der Waals surface area (Å²) >= 11 is -0.713. The summed E-state index contributed by atoms with van der Waals surface area (Å²) in [5, 5.41) is 19.4. The van der Waals surface area contributed by atoms with Crippen LogP contribution in [0.5, 0.6) is 0 Å². The summed E-state index contributed by atoms with van der Waals surface area (Å²) in [6.45, 7) is -5.23. The van der Waals surface area contributed by atoms with Crippen molar-refractivity contribution in [2.75, 3.05) is 13.2 Å². The number of aliphatic hydroxyl groups excluding tert-OH is 2. The molecule has 0 unspecified atom stereocenters. The number of aliphatic hydroxyl groups is 2. The molecule has 1 aliphatic heterocycles. The van der Waals surface area contributed by atoms with E-state index >= 15 is 0 Å². The molecule has 1 aliphatic rings. The maximum Gasteiger partial charge on any atom is 0.343 e. The fourth-order valence-electron chi connectivity index (χ4n) is 2.30. The van der Waals surface area contributed by atoms with Crippen molar-refractivity contribution in [2.24, 2.45) is 0 Å². The molecule has 0 radical (unpaired) electrons. The van der Waals surface area contributed by atoms with Gasteiger partial charge in [0, 0.05) is 12.3 Å². The Balaban J connectivity index is 2.53. The van der Waals surface area contributed by atoms with E-state index in [2.05, 4.69) is 5.92 Å². The van der Waals surface area contributed by atoms with Crippen LogP contribution in [0.1, 0.15) is 6.23 Å². The molecule has 4 atom stereocenters. The van der Waals surface area contributed by atoms with Gasteiger partial charge in [0.1, 0.15) is 24.9 Å². The fourth-order valence-corrected chi connectivity index (χ4v) is 4.08. The SMILES string of the molecule is C#CCO[C@@H]1[C@@H](O)[C@@H](CO)O[C@H]1n1ccc(=O)n([SH]=P(O)(O)O)c1=O. The van der Waals surface area contributed by atoms with Crippen molar-refractivity contribution >= 4 is 17.8 Å². The molecule has 1 aromatic rings. The van der Waals surface area contributed by atoms with E-state index in [0.29, 0.717) is 3.97 Å². The zero-order valence-corrected chi connectivity index (χ0v) is 14.4. The highest BCUT2D eigenvalue weighted by molar-refractivity contribution is 8.15. The molecule has 11 nitrogen and oxygen atoms in total. The third-order valence-corrected chi connectivity index (χ3v) is 5.37. The second-order valence-corrected chi connectivity index (χ2v) is 8.80. The normalized spacial score (nSPS) is 26.6. The smallest absolute Gasteiger partial charge is 0.343 e. The molecule has 140 valence electrons. The zero-order chi connectivity index (χ0) is 18.8. The third-order valence-electron chi connectivity index (χ3n) is 3.32. The van der Waals surface area contributed by atoms with Gasteiger partial charge in [-0.15, -0.1) is 6.42 Å². The molecule has 1 fully saturated rings. The minimum absolute atomic E-state index is 0.203. The lowest BCUT2D eigenvalue weighted by Gasteiger charge is -2.21. The Kier molecular flexibility index (Phi) is 6.39. The summed E-state index contributed by atoms with van der Waals surface area (Å²) in [5.41, 5.74) is -1.93. The second kappa shape index (κ2) is 7.96. The van der Waals surface area contributed by atoms with E-state index < -0.39 is 60.2 Å². The highest BCUT2D eigenvalue weighted by Crippen LogP contribution is 2.32. The predicted molar refractivity (Wildman–Crippen MR) is 88.3 cm³/mol. The Labute approximate surface area is 144 Å². The van der Waals surface area contributed by atoms with Gasteiger partial charge in [-0.1, -0.05) is 5.92 Å². The molecule has 13 heteroatoms. The largest absolute Gasteiger partial charge is 0.394 e. The Morgan fingerprint density at radius 3 is 2.64 bits per heavy atom. The van der Waals surface area contributed by atoms with Gasteiger partial charge in [0.2, 0.25) is 0 Å². The number of rotatable bonds is 5. The minimum Gasteiger partial charge on any atom is -0.394 e. The summed E-state index contributed by atoms with van der Waals surface area (Å²) in [6, 6.07) is 0.935. The van der Waals surface area contributed by atoms with Crippen LogP contribution in [0.2, 0.25) is 0 Å². The molecule has 0 amide bonds. The predicted octanol–water partition coefficient (Wildman–Crippen LogP) is -3.49. The molecule has 2 rings (SSSR count). The second-order valence-electron chi connectivity index (χ2n) is 5.00. The van der Waals surface area contributed by atoms with Crippen LogP contribution in [0.3, 0.4) is 0 Å². The molecular weight excluding hydrogens is 379 g/mol. The van der Waals surface area contributed by atoms with Crippen molar-refractivity contribution in [3.8, 4) is 12.3 Å². The van der Waals surface area contributed by atoms with Gasteiger partial charge in [-0.05, 0) is 11.1 Å². The van der Waals surface area contributed by atoms with E-state index in [9.17, 15) is 19.8 Å². The Hall–Kier alpha value is -1.26. The highest BCUT2D eigenvalue weighted by Gasteiger charge is 2.45. The number of hydrogen-bond donors (Lipinski definition) is 6. The van der Waals surface area contributed by atoms with Crippen LogP contribution < -0.4 is 11.2 Å². The molecule has 25 heavy (non-hydrogen) atoms. The number of aromatic nitrogens is 2. The van der Waals surface area contributed by atoms with Crippen LogP contribution in [-0.4, -0.2) is 65.0 Å². The molecule has 0 aliphatic carbocycles. The average Bonchev–Trinajstić information content (AvgIpc) is 2.84. The number of hydrogen-bond acceptors (Lipinski definition) is 6. The molecule has 0 saturated carbocycles. The molecule has 0 spiro atoms. The summed E-state index contributed by atoms with van der Waals surface area (Å²) < 4.78 is 11.9. The van der Waals surface area contributed by atoms with Crippen molar-refractivity contribution in [1.29, 1.82) is 0 Å². The van der Waals surface area contributed by atoms with Crippen LogP contribution in [0, 0.1) is 12.3 Å². The molecule has 1 aromatic heterocycles. The third kappa shape index (κ3) is 4.48. The number of terminal acetylenes is 1. The van der Waals surface area contributed by atoms with E-state index in [1.807, 2.05) is 0 Å². The van der Waals surface area contributed by atoms with Crippen LogP contribution in [-0.2, 0) is 20.6 Å². The van der Waals surface area contributed by atoms with E-state index in [0.717, 1.165) is 16.8 Å². The average molecular weight is 396 g/mol. The van der Waals surface area contributed by atoms with Crippen LogP contribution in [0.15, 0.2) is 21.9 Å². The van der Waals surface area contributed by atoms with Gasteiger partial charge >= 0.3 is 5.69 Å². The number of nitrogens with zero attached hydrogens (tertiary/aromatic N) is 2. The van der Waals surface area contributed by atoms with Gasteiger partial charge in [0.05, 0.1) is 6.61 Å². The number of thiol groups is 1. The van der Waals surface area contributed by atoms with E-state index in [-0.39, 0.29) is 6.61 Å². The van der Waals surface area contributed by atoms with Crippen LogP contribution in [0.25, 0.3) is 0 Å². The van der Waals surface area contributed by atoms with Gasteiger partial charge in [-0.25, -0.2) is 8.77 Å². The zero-order valence-electron chi connectivity index (χ0n) is 12.6. The summed E-state index contributed by atoms with van der Waals surface area (Å²) in [4.78, 5) is 51.6. The lowest BCUT2D eigenvalue weighted by molar-refractivity contribution is -0.0679. The van der Waals surface area contributed by atoms with Crippen molar-refractivity contribution in [3.63, 3.8) is 0 Å². The van der Waals surface area contributed by atoms with Gasteiger partial charge in [-0.3, -0.25) is 9.36 Å². The van der Waals surface area contributed by atoms with Crippen molar-refractivity contribution < 1.29 is 34.4 Å². The van der Waals surface area contributed by atoms with Gasteiger partial charge < -0.3 is 34.4 Å². The maximum atomic E-state index is 12.5. The first-order valence-corrected chi connectivity index (χ1v) is 10.0. The van der Waals surface area contributed by atoms with E-state index in [1.54, 1.807) is 0 Å². The monoisotopic (exact) mass is 396 g/mol. The van der Waals surface area contributed by atoms with Gasteiger partial charge in [-0.2, -0.15) is 0 Å². The maximum absolute atomic E-state index is 12.5. The first-order chi connectivity index (χ1) is 11.7. The molecule has 1 saturated heterocycles. The molecule has 0 aromatic carbocycles. The molecular formula is C12H17N2O9PS. The number of ether oxygens (including phenoxy) is 2. The standard InChI is InChI=1S/C12H17N2O9PS/c1-2-5-22-10-9(17)7(6-15)23-11(10)13-4-3-8(16)14(12(13)18)25-24(19,20)21/h1,3-4,7,9-11,15,17,19-21,25H,5-6H2/t7-,9+,10-,11-/m1/s1. The summed E-state index contributed by atoms with van der Waals surface area (Å²) in [5.74, 6) is 2.20. The molecule has 5 N–H and O–H groups in total. The van der Waals surface area contributed by atoms with Gasteiger partial charge in [0.25, 0.3) is 12.3 Å². The first kappa shape index (κ1) is 20.1. The van der Waals surface area contributed by atoms with Gasteiger partial charge in [0.15, 0.2) is 6.23 Å². The summed E-state index contributed by atoms with van der Waals surface area (Å²) in [6.07, 6.45) is 1.45. The van der Waals surface area contributed by atoms with Crippen molar-refractivity contribution in [2.45, 2.75) is 24.5 Å². The lowest BCUT2D eigenvalue weighted by Crippen LogP contribution is -2.43. The fraction of sp³-hybridized carbons (Fsp3) is 0.500. The Bertz CT molecular complexity index is 830. The lowest BCUT2D eigenvalue weighted by atomic mass is 10.1. The Morgan fingerprint density at radius 1 is 1.40 bits per heavy atom. The van der Waals surface area contributed by atoms with Crippen LogP contribution in [0.4, 0.5) is 0 Å². The van der Waals surface area contributed by atoms with E-state index in [4.69, 9.17) is 30.6 Å². The first-order valence-electron chi connectivity index (χ1n) is 6.84. The Morgan fingerprint density at radius 2 is 2.08 bits per heavy atom. The molecule has 0 bridgehead atoms. The van der Waals surface area contributed by atoms with Crippen LogP contribution >= 0.6 is 6.72 Å².